The van der Waals surface area contributed by atoms with Crippen molar-refractivity contribution in [2.75, 3.05) is 5.32 Å². The Balaban J connectivity index is 1.63. The molecule has 0 unspecified atom stereocenters. The minimum atomic E-state index is 0.506. The van der Waals surface area contributed by atoms with Gasteiger partial charge in [0.15, 0.2) is 5.82 Å². The fourth-order valence-corrected chi connectivity index (χ4v) is 2.92. The molecular weight excluding hydrogens is 258 g/mol. The maximum absolute atomic E-state index is 4.47. The van der Waals surface area contributed by atoms with E-state index in [2.05, 4.69) is 29.1 Å². The molecule has 1 aromatic heterocycles. The maximum Gasteiger partial charge on any atom is 0.159 e. The molecule has 0 radical (unpaired) electrons. The van der Waals surface area contributed by atoms with Gasteiger partial charge in [0.2, 0.25) is 0 Å². The molecule has 1 aliphatic rings. The number of aromatic nitrogens is 2. The van der Waals surface area contributed by atoms with Crippen LogP contribution in [0.5, 0.6) is 0 Å². The van der Waals surface area contributed by atoms with Gasteiger partial charge in [-0.15, -0.1) is 0 Å². The molecule has 2 aromatic rings. The van der Waals surface area contributed by atoms with Crippen molar-refractivity contribution in [3.8, 4) is 11.4 Å². The number of hydrogen-bond donors (Lipinski definition) is 1. The lowest BCUT2D eigenvalue weighted by molar-refractivity contribution is 0.232. The summed E-state index contributed by atoms with van der Waals surface area (Å²) in [5, 5.41) is 3.57. The maximum atomic E-state index is 4.47. The van der Waals surface area contributed by atoms with Gasteiger partial charge in [-0.05, 0) is 31.1 Å². The molecule has 1 saturated carbocycles. The van der Waals surface area contributed by atoms with Crippen LogP contribution in [0.1, 0.15) is 39.5 Å². The summed E-state index contributed by atoms with van der Waals surface area (Å²) in [5.74, 6) is 0.783. The first-order valence-electron chi connectivity index (χ1n) is 7.76. The van der Waals surface area contributed by atoms with E-state index in [0.717, 1.165) is 17.1 Å². The van der Waals surface area contributed by atoms with Gasteiger partial charge in [-0.1, -0.05) is 44.2 Å². The fraction of sp³-hybridized carbons (Fsp3) is 0.444. The Bertz CT molecular complexity index is 565. The second-order valence-corrected chi connectivity index (χ2v) is 6.74. The number of nitrogens with one attached hydrogen (secondary N) is 1. The van der Waals surface area contributed by atoms with E-state index in [1.807, 2.05) is 42.7 Å². The molecule has 0 atom stereocenters. The summed E-state index contributed by atoms with van der Waals surface area (Å²) in [6.45, 7) is 4.72. The smallest absolute Gasteiger partial charge is 0.159 e. The molecule has 1 aromatic carbocycles. The highest BCUT2D eigenvalue weighted by atomic mass is 15.0. The Labute approximate surface area is 126 Å². The quantitative estimate of drug-likeness (QED) is 0.898. The van der Waals surface area contributed by atoms with E-state index < -0.39 is 0 Å². The molecule has 0 amide bonds. The number of nitrogens with zero attached hydrogens (tertiary/aromatic N) is 2. The zero-order valence-corrected chi connectivity index (χ0v) is 12.8. The van der Waals surface area contributed by atoms with Gasteiger partial charge in [-0.3, -0.25) is 0 Å². The highest BCUT2D eigenvalue weighted by Crippen LogP contribution is 2.36. The first kappa shape index (κ1) is 14.1. The Morgan fingerprint density at radius 2 is 1.62 bits per heavy atom. The van der Waals surface area contributed by atoms with Crippen LogP contribution in [-0.2, 0) is 0 Å². The molecule has 110 valence electrons. The molecule has 1 fully saturated rings. The predicted molar refractivity (Wildman–Crippen MR) is 87.1 cm³/mol. The lowest BCUT2D eigenvalue weighted by atomic mass is 9.75. The fourth-order valence-electron chi connectivity index (χ4n) is 2.92. The second kappa shape index (κ2) is 5.84. The Morgan fingerprint density at radius 1 is 1.00 bits per heavy atom. The predicted octanol–water partition coefficient (Wildman–Crippen LogP) is 4.52. The number of rotatable bonds is 3. The zero-order valence-electron chi connectivity index (χ0n) is 12.8. The van der Waals surface area contributed by atoms with E-state index in [-0.39, 0.29) is 0 Å². The topological polar surface area (TPSA) is 37.8 Å². The Morgan fingerprint density at radius 3 is 2.24 bits per heavy atom. The van der Waals surface area contributed by atoms with Crippen LogP contribution in [-0.4, -0.2) is 16.0 Å². The Kier molecular flexibility index (Phi) is 3.91. The summed E-state index contributed by atoms with van der Waals surface area (Å²) >= 11 is 0. The molecule has 3 nitrogen and oxygen atoms in total. The van der Waals surface area contributed by atoms with Crippen LogP contribution in [0.3, 0.4) is 0 Å². The van der Waals surface area contributed by atoms with Crippen LogP contribution in [0.25, 0.3) is 11.4 Å². The molecule has 3 rings (SSSR count). The van der Waals surface area contributed by atoms with Gasteiger partial charge in [0, 0.05) is 11.6 Å². The summed E-state index contributed by atoms with van der Waals surface area (Å²) in [7, 11) is 0. The van der Waals surface area contributed by atoms with Crippen LogP contribution >= 0.6 is 0 Å². The van der Waals surface area contributed by atoms with Crippen molar-refractivity contribution in [1.29, 1.82) is 0 Å². The van der Waals surface area contributed by atoms with E-state index in [0.29, 0.717) is 11.5 Å². The van der Waals surface area contributed by atoms with Gasteiger partial charge in [-0.2, -0.15) is 0 Å². The summed E-state index contributed by atoms with van der Waals surface area (Å²) in [6.07, 6.45) is 8.83. The minimum Gasteiger partial charge on any atom is -0.380 e. The lowest BCUT2D eigenvalue weighted by Crippen LogP contribution is -2.29. The summed E-state index contributed by atoms with van der Waals surface area (Å²) in [5.41, 5.74) is 2.59. The van der Waals surface area contributed by atoms with Crippen molar-refractivity contribution in [2.24, 2.45) is 5.41 Å². The van der Waals surface area contributed by atoms with Crippen molar-refractivity contribution in [1.82, 2.24) is 9.97 Å². The van der Waals surface area contributed by atoms with Gasteiger partial charge >= 0.3 is 0 Å². The first-order chi connectivity index (χ1) is 10.1. The van der Waals surface area contributed by atoms with Crippen LogP contribution in [0.4, 0.5) is 5.69 Å². The van der Waals surface area contributed by atoms with Gasteiger partial charge in [0.1, 0.15) is 0 Å². The molecule has 0 saturated heterocycles. The molecule has 1 aliphatic carbocycles. The van der Waals surface area contributed by atoms with Gasteiger partial charge in [-0.25, -0.2) is 9.97 Å². The largest absolute Gasteiger partial charge is 0.380 e. The van der Waals surface area contributed by atoms with Crippen molar-refractivity contribution < 1.29 is 0 Å². The normalized spacial score (nSPS) is 18.4. The average molecular weight is 281 g/mol. The van der Waals surface area contributed by atoms with Crippen molar-refractivity contribution in [3.05, 3.63) is 42.7 Å². The molecule has 3 heteroatoms. The molecule has 1 heterocycles. The highest BCUT2D eigenvalue weighted by Gasteiger charge is 2.26. The SMILES string of the molecule is CC1(C)CCC(Nc2cnc(-c3ccccc3)nc2)CC1. The van der Waals surface area contributed by atoms with Crippen LogP contribution in [0.15, 0.2) is 42.7 Å². The Hall–Kier alpha value is -1.90. The summed E-state index contributed by atoms with van der Waals surface area (Å²) in [6, 6.07) is 10.6. The van der Waals surface area contributed by atoms with Gasteiger partial charge < -0.3 is 5.32 Å². The lowest BCUT2D eigenvalue weighted by Gasteiger charge is -2.34. The van der Waals surface area contributed by atoms with Gasteiger partial charge in [0.05, 0.1) is 18.1 Å². The number of anilines is 1. The number of hydrogen-bond acceptors (Lipinski definition) is 3. The molecule has 0 spiro atoms. The van der Waals surface area contributed by atoms with E-state index in [1.54, 1.807) is 0 Å². The second-order valence-electron chi connectivity index (χ2n) is 6.74. The van der Waals surface area contributed by atoms with Crippen LogP contribution in [0.2, 0.25) is 0 Å². The van der Waals surface area contributed by atoms with Gasteiger partial charge in [0.25, 0.3) is 0 Å². The average Bonchev–Trinajstić information content (AvgIpc) is 2.51. The standard InChI is InChI=1S/C18H23N3/c1-18(2)10-8-15(9-11-18)21-16-12-19-17(20-13-16)14-6-4-3-5-7-14/h3-7,12-13,15,21H,8-11H2,1-2H3. The molecule has 1 N–H and O–H groups in total. The first-order valence-corrected chi connectivity index (χ1v) is 7.76. The third-order valence-corrected chi connectivity index (χ3v) is 4.39. The molecule has 0 aliphatic heterocycles. The van der Waals surface area contributed by atoms with Crippen molar-refractivity contribution in [2.45, 2.75) is 45.6 Å². The van der Waals surface area contributed by atoms with E-state index in [9.17, 15) is 0 Å². The highest BCUT2D eigenvalue weighted by molar-refractivity contribution is 5.55. The molecular formula is C18H23N3. The summed E-state index contributed by atoms with van der Waals surface area (Å²) in [4.78, 5) is 8.94. The number of benzene rings is 1. The monoisotopic (exact) mass is 281 g/mol. The molecule has 0 bridgehead atoms. The van der Waals surface area contributed by atoms with E-state index >= 15 is 0 Å². The third-order valence-electron chi connectivity index (χ3n) is 4.39. The van der Waals surface area contributed by atoms with Crippen LogP contribution in [0, 0.1) is 5.41 Å². The minimum absolute atomic E-state index is 0.506. The van der Waals surface area contributed by atoms with Crippen molar-refractivity contribution in [3.63, 3.8) is 0 Å². The molecule has 21 heavy (non-hydrogen) atoms. The van der Waals surface area contributed by atoms with Crippen molar-refractivity contribution >= 4 is 5.69 Å². The zero-order chi connectivity index (χ0) is 14.7. The third kappa shape index (κ3) is 3.60. The van der Waals surface area contributed by atoms with E-state index in [4.69, 9.17) is 0 Å². The van der Waals surface area contributed by atoms with Crippen LogP contribution < -0.4 is 5.32 Å². The van der Waals surface area contributed by atoms with E-state index in [1.165, 1.54) is 25.7 Å². The summed E-state index contributed by atoms with van der Waals surface area (Å²) < 4.78 is 0.